The van der Waals surface area contributed by atoms with Crippen LogP contribution >= 0.6 is 27.5 Å². The van der Waals surface area contributed by atoms with Crippen LogP contribution in [0.5, 0.6) is 0 Å². The molecule has 0 aromatic heterocycles. The van der Waals surface area contributed by atoms with E-state index in [2.05, 4.69) is 21.2 Å². The number of anilines is 4. The van der Waals surface area contributed by atoms with Crippen LogP contribution in [0.2, 0.25) is 5.02 Å². The predicted molar refractivity (Wildman–Crippen MR) is 77.7 cm³/mol. The van der Waals surface area contributed by atoms with Crippen molar-refractivity contribution in [2.24, 2.45) is 0 Å². The Morgan fingerprint density at radius 2 is 1.82 bits per heavy atom. The lowest BCUT2D eigenvalue weighted by Gasteiger charge is -2.10. The molecular weight excluding hydrogens is 302 g/mol. The summed E-state index contributed by atoms with van der Waals surface area (Å²) in [7, 11) is 0. The van der Waals surface area contributed by atoms with Crippen LogP contribution in [0.3, 0.4) is 0 Å². The van der Waals surface area contributed by atoms with Crippen molar-refractivity contribution in [1.82, 2.24) is 0 Å². The molecule has 0 unspecified atom stereocenters. The van der Waals surface area contributed by atoms with E-state index in [1.54, 1.807) is 12.1 Å². The largest absolute Gasteiger partial charge is 0.397 e. The average molecular weight is 313 g/mol. The second kappa shape index (κ2) is 4.85. The zero-order valence-corrected chi connectivity index (χ0v) is 11.2. The first-order chi connectivity index (χ1) is 8.08. The van der Waals surface area contributed by atoms with Gasteiger partial charge in [0.2, 0.25) is 0 Å². The highest BCUT2D eigenvalue weighted by atomic mass is 79.9. The van der Waals surface area contributed by atoms with Crippen molar-refractivity contribution >= 4 is 50.3 Å². The summed E-state index contributed by atoms with van der Waals surface area (Å²) >= 11 is 9.43. The molecule has 17 heavy (non-hydrogen) atoms. The van der Waals surface area contributed by atoms with E-state index in [9.17, 15) is 0 Å². The fourth-order valence-electron chi connectivity index (χ4n) is 1.41. The lowest BCUT2D eigenvalue weighted by Crippen LogP contribution is -1.97. The number of rotatable bonds is 2. The molecule has 2 rings (SSSR count). The Morgan fingerprint density at radius 1 is 1.06 bits per heavy atom. The van der Waals surface area contributed by atoms with Crippen molar-refractivity contribution in [1.29, 1.82) is 0 Å². The van der Waals surface area contributed by atoms with Crippen LogP contribution in [-0.2, 0) is 0 Å². The minimum absolute atomic E-state index is 0.549. The highest BCUT2D eigenvalue weighted by molar-refractivity contribution is 9.10. The second-order valence-electron chi connectivity index (χ2n) is 3.57. The fourth-order valence-corrected chi connectivity index (χ4v) is 1.95. The van der Waals surface area contributed by atoms with Crippen molar-refractivity contribution < 1.29 is 0 Å². The molecule has 88 valence electrons. The number of nitrogen functional groups attached to an aromatic ring is 2. The molecular formula is C12H11BrClN3. The molecule has 5 heteroatoms. The Labute approximate surface area is 113 Å². The molecule has 0 spiro atoms. The van der Waals surface area contributed by atoms with Crippen LogP contribution in [0.1, 0.15) is 0 Å². The van der Waals surface area contributed by atoms with Crippen LogP contribution in [0.25, 0.3) is 0 Å². The standard InChI is InChI=1S/C12H11BrClN3/c13-12-8(14)2-1-3-11(12)17-7-4-5-9(15)10(16)6-7/h1-6,17H,15-16H2. The maximum atomic E-state index is 6.00. The number of hydrogen-bond donors (Lipinski definition) is 3. The van der Waals surface area contributed by atoms with Crippen molar-refractivity contribution in [2.45, 2.75) is 0 Å². The first kappa shape index (κ1) is 12.1. The van der Waals surface area contributed by atoms with E-state index < -0.39 is 0 Å². The molecule has 0 aliphatic rings. The van der Waals surface area contributed by atoms with Crippen molar-refractivity contribution in [3.8, 4) is 0 Å². The monoisotopic (exact) mass is 311 g/mol. The molecule has 0 saturated carbocycles. The van der Waals surface area contributed by atoms with Gasteiger partial charge in [-0.2, -0.15) is 0 Å². The van der Waals surface area contributed by atoms with Gasteiger partial charge in [0.1, 0.15) is 0 Å². The van der Waals surface area contributed by atoms with Crippen LogP contribution in [0.4, 0.5) is 22.7 Å². The minimum atomic E-state index is 0.549. The van der Waals surface area contributed by atoms with Crippen LogP contribution in [0, 0.1) is 0 Å². The molecule has 0 amide bonds. The van der Waals surface area contributed by atoms with E-state index in [4.69, 9.17) is 23.1 Å². The van der Waals surface area contributed by atoms with E-state index in [0.717, 1.165) is 15.8 Å². The number of nitrogens with two attached hydrogens (primary N) is 2. The zero-order valence-electron chi connectivity index (χ0n) is 8.87. The lowest BCUT2D eigenvalue weighted by molar-refractivity contribution is 1.52. The number of nitrogens with one attached hydrogen (secondary N) is 1. The van der Waals surface area contributed by atoms with E-state index in [1.807, 2.05) is 24.3 Å². The lowest BCUT2D eigenvalue weighted by atomic mass is 10.2. The van der Waals surface area contributed by atoms with Gasteiger partial charge in [-0.1, -0.05) is 17.7 Å². The van der Waals surface area contributed by atoms with Gasteiger partial charge in [0.05, 0.1) is 26.6 Å². The zero-order chi connectivity index (χ0) is 12.4. The van der Waals surface area contributed by atoms with Gasteiger partial charge in [-0.15, -0.1) is 0 Å². The summed E-state index contributed by atoms with van der Waals surface area (Å²) < 4.78 is 0.817. The first-order valence-electron chi connectivity index (χ1n) is 4.94. The van der Waals surface area contributed by atoms with Gasteiger partial charge in [0.25, 0.3) is 0 Å². The van der Waals surface area contributed by atoms with E-state index in [-0.39, 0.29) is 0 Å². The third-order valence-corrected chi connectivity index (χ3v) is 3.71. The molecule has 0 radical (unpaired) electrons. The average Bonchev–Trinajstić information content (AvgIpc) is 2.30. The van der Waals surface area contributed by atoms with Gasteiger partial charge in [0.15, 0.2) is 0 Å². The Balaban J connectivity index is 2.31. The molecule has 0 heterocycles. The summed E-state index contributed by atoms with van der Waals surface area (Å²) in [5.41, 5.74) is 14.2. The maximum Gasteiger partial charge on any atom is 0.0596 e. The molecule has 0 saturated heterocycles. The molecule has 5 N–H and O–H groups in total. The summed E-state index contributed by atoms with van der Waals surface area (Å²) in [6, 6.07) is 11.0. The number of hydrogen-bond acceptors (Lipinski definition) is 3. The molecule has 2 aromatic rings. The molecule has 0 atom stereocenters. The SMILES string of the molecule is Nc1ccc(Nc2cccc(Cl)c2Br)cc1N. The molecule has 3 nitrogen and oxygen atoms in total. The van der Waals surface area contributed by atoms with E-state index >= 15 is 0 Å². The van der Waals surface area contributed by atoms with Gasteiger partial charge in [-0.25, -0.2) is 0 Å². The summed E-state index contributed by atoms with van der Waals surface area (Å²) in [6.45, 7) is 0. The summed E-state index contributed by atoms with van der Waals surface area (Å²) in [5, 5.41) is 3.87. The van der Waals surface area contributed by atoms with Gasteiger partial charge < -0.3 is 16.8 Å². The maximum absolute atomic E-state index is 6.00. The minimum Gasteiger partial charge on any atom is -0.397 e. The third-order valence-electron chi connectivity index (χ3n) is 2.32. The van der Waals surface area contributed by atoms with Gasteiger partial charge in [-0.3, -0.25) is 0 Å². The second-order valence-corrected chi connectivity index (χ2v) is 4.77. The number of benzene rings is 2. The molecule has 0 aliphatic carbocycles. The summed E-state index contributed by atoms with van der Waals surface area (Å²) in [6.07, 6.45) is 0. The Bertz CT molecular complexity index is 557. The Morgan fingerprint density at radius 3 is 2.53 bits per heavy atom. The van der Waals surface area contributed by atoms with Crippen molar-refractivity contribution in [3.63, 3.8) is 0 Å². The van der Waals surface area contributed by atoms with Crippen molar-refractivity contribution in [2.75, 3.05) is 16.8 Å². The third kappa shape index (κ3) is 2.65. The highest BCUT2D eigenvalue weighted by Gasteiger charge is 2.04. The molecule has 0 bridgehead atoms. The Hall–Kier alpha value is -1.39. The van der Waals surface area contributed by atoms with E-state index in [1.165, 1.54) is 0 Å². The highest BCUT2D eigenvalue weighted by Crippen LogP contribution is 2.32. The van der Waals surface area contributed by atoms with Gasteiger partial charge in [0, 0.05) is 5.69 Å². The molecule has 2 aromatic carbocycles. The molecule has 0 fully saturated rings. The quantitative estimate of drug-likeness (QED) is 0.734. The van der Waals surface area contributed by atoms with Crippen molar-refractivity contribution in [3.05, 3.63) is 45.9 Å². The number of halogens is 2. The smallest absolute Gasteiger partial charge is 0.0596 e. The normalized spacial score (nSPS) is 10.2. The van der Waals surface area contributed by atoms with Crippen LogP contribution < -0.4 is 16.8 Å². The van der Waals surface area contributed by atoms with Crippen LogP contribution in [-0.4, -0.2) is 0 Å². The topological polar surface area (TPSA) is 64.1 Å². The summed E-state index contributed by atoms with van der Waals surface area (Å²) in [4.78, 5) is 0. The fraction of sp³-hybridized carbons (Fsp3) is 0. The first-order valence-corrected chi connectivity index (χ1v) is 6.11. The molecule has 0 aliphatic heterocycles. The summed E-state index contributed by atoms with van der Waals surface area (Å²) in [5.74, 6) is 0. The van der Waals surface area contributed by atoms with E-state index in [0.29, 0.717) is 16.4 Å². The van der Waals surface area contributed by atoms with Gasteiger partial charge >= 0.3 is 0 Å². The van der Waals surface area contributed by atoms with Gasteiger partial charge in [-0.05, 0) is 46.3 Å². The Kier molecular flexibility index (Phi) is 3.45. The van der Waals surface area contributed by atoms with Crippen LogP contribution in [0.15, 0.2) is 40.9 Å². The predicted octanol–water partition coefficient (Wildman–Crippen LogP) is 4.01.